The molecule has 0 aliphatic carbocycles. The van der Waals surface area contributed by atoms with E-state index in [0.717, 1.165) is 22.6 Å². The third-order valence-electron chi connectivity index (χ3n) is 4.95. The fourth-order valence-electron chi connectivity index (χ4n) is 3.52. The van der Waals surface area contributed by atoms with Gasteiger partial charge >= 0.3 is 0 Å². The van der Waals surface area contributed by atoms with Crippen molar-refractivity contribution in [1.82, 2.24) is 0 Å². The second-order valence-corrected chi connectivity index (χ2v) is 7.39. The number of anilines is 1. The van der Waals surface area contributed by atoms with Crippen LogP contribution in [-0.4, -0.2) is 19.6 Å². The number of carbonyl (C=O) groups is 1. The fourth-order valence-corrected chi connectivity index (χ4v) is 3.69. The maximum absolute atomic E-state index is 13.5. The van der Waals surface area contributed by atoms with Crippen LogP contribution in [0.3, 0.4) is 0 Å². The quantitative estimate of drug-likeness (QED) is 0.435. The van der Waals surface area contributed by atoms with Crippen LogP contribution in [-0.2, 0) is 4.79 Å². The summed E-state index contributed by atoms with van der Waals surface area (Å²) in [6.45, 7) is 2.56. The lowest BCUT2D eigenvalue weighted by Gasteiger charge is -2.23. The molecule has 3 aromatic rings. The first-order valence-electron chi connectivity index (χ1n) is 10.0. The summed E-state index contributed by atoms with van der Waals surface area (Å²) in [6.07, 6.45) is 3.77. The Balaban J connectivity index is 1.80. The highest BCUT2D eigenvalue weighted by Gasteiger charge is 2.32. The summed E-state index contributed by atoms with van der Waals surface area (Å²) in [7, 11) is 1.58. The molecule has 0 atom stereocenters. The van der Waals surface area contributed by atoms with E-state index < -0.39 is 0 Å². The van der Waals surface area contributed by atoms with Gasteiger partial charge in [-0.15, -0.1) is 0 Å². The summed E-state index contributed by atoms with van der Waals surface area (Å²) in [5.74, 6) is 1.23. The van der Waals surface area contributed by atoms with E-state index in [1.807, 2.05) is 73.7 Å². The number of carbonyl (C=O) groups excluding carboxylic acids is 1. The molecule has 0 spiro atoms. The monoisotopic (exact) mass is 431 g/mol. The van der Waals surface area contributed by atoms with Gasteiger partial charge in [-0.25, -0.2) is 0 Å². The van der Waals surface area contributed by atoms with Crippen molar-refractivity contribution in [3.05, 3.63) is 101 Å². The highest BCUT2D eigenvalue weighted by molar-refractivity contribution is 6.31. The summed E-state index contributed by atoms with van der Waals surface area (Å²) in [5, 5.41) is 0.528. The van der Waals surface area contributed by atoms with Crippen LogP contribution in [0.2, 0.25) is 5.02 Å². The molecular weight excluding hydrogens is 410 g/mol. The van der Waals surface area contributed by atoms with Crippen molar-refractivity contribution in [2.45, 2.75) is 6.92 Å². The first-order chi connectivity index (χ1) is 15.1. The van der Waals surface area contributed by atoms with Gasteiger partial charge < -0.3 is 9.47 Å². The Morgan fingerprint density at radius 3 is 2.42 bits per heavy atom. The van der Waals surface area contributed by atoms with Gasteiger partial charge in [0.25, 0.3) is 5.91 Å². The molecule has 1 aliphatic heterocycles. The summed E-state index contributed by atoms with van der Waals surface area (Å²) in [6, 6.07) is 22.7. The van der Waals surface area contributed by atoms with Crippen molar-refractivity contribution < 1.29 is 14.3 Å². The molecule has 0 unspecified atom stereocenters. The zero-order chi connectivity index (χ0) is 21.8. The van der Waals surface area contributed by atoms with E-state index in [1.165, 1.54) is 0 Å². The van der Waals surface area contributed by atoms with Gasteiger partial charge in [0.05, 0.1) is 25.1 Å². The minimum atomic E-state index is -0.145. The van der Waals surface area contributed by atoms with E-state index >= 15 is 0 Å². The smallest absolute Gasteiger partial charge is 0.263 e. The van der Waals surface area contributed by atoms with Gasteiger partial charge in [0.2, 0.25) is 0 Å². The maximum atomic E-state index is 13.5. The molecule has 0 aromatic heterocycles. The average molecular weight is 432 g/mol. The Bertz CT molecular complexity index is 1150. The van der Waals surface area contributed by atoms with Crippen LogP contribution in [0.5, 0.6) is 11.5 Å². The van der Waals surface area contributed by atoms with Gasteiger partial charge in [-0.3, -0.25) is 9.69 Å². The lowest BCUT2D eigenvalue weighted by Crippen LogP contribution is -2.25. The topological polar surface area (TPSA) is 38.8 Å². The van der Waals surface area contributed by atoms with Crippen molar-refractivity contribution in [3.63, 3.8) is 0 Å². The molecular formula is C26H22ClNO3. The first-order valence-corrected chi connectivity index (χ1v) is 10.4. The number of hydrogen-bond acceptors (Lipinski definition) is 3. The van der Waals surface area contributed by atoms with E-state index in [9.17, 15) is 4.79 Å². The normalized spacial score (nSPS) is 14.7. The molecule has 0 radical (unpaired) electrons. The summed E-state index contributed by atoms with van der Waals surface area (Å²) < 4.78 is 11.0. The van der Waals surface area contributed by atoms with E-state index in [4.69, 9.17) is 21.1 Å². The second-order valence-electron chi connectivity index (χ2n) is 6.95. The van der Waals surface area contributed by atoms with Gasteiger partial charge in [0.15, 0.2) is 0 Å². The fraction of sp³-hybridized carbons (Fsp3) is 0.115. The Hall–Kier alpha value is -3.50. The Kier molecular flexibility index (Phi) is 6.10. The highest BCUT2D eigenvalue weighted by Crippen LogP contribution is 2.41. The SMILES string of the molecule is CCOc1ccc(/C=C2\C=C(c3ccccc3)N(c3cc(Cl)ccc3OC)C2=O)cc1. The van der Waals surface area contributed by atoms with Crippen LogP contribution in [0, 0.1) is 0 Å². The van der Waals surface area contributed by atoms with Gasteiger partial charge in [-0.05, 0) is 60.5 Å². The van der Waals surface area contributed by atoms with Gasteiger partial charge in [-0.1, -0.05) is 54.1 Å². The number of methoxy groups -OCH3 is 1. The summed E-state index contributed by atoms with van der Waals surface area (Å²) >= 11 is 6.26. The van der Waals surface area contributed by atoms with Gasteiger partial charge in [0.1, 0.15) is 11.5 Å². The molecule has 4 nitrogen and oxygen atoms in total. The molecule has 0 N–H and O–H groups in total. The molecule has 0 fully saturated rings. The number of amides is 1. The molecule has 0 saturated heterocycles. The highest BCUT2D eigenvalue weighted by atomic mass is 35.5. The van der Waals surface area contributed by atoms with E-state index in [0.29, 0.717) is 28.6 Å². The molecule has 1 heterocycles. The number of benzene rings is 3. The molecule has 3 aromatic carbocycles. The molecule has 31 heavy (non-hydrogen) atoms. The Labute approximate surface area is 187 Å². The summed E-state index contributed by atoms with van der Waals surface area (Å²) in [5.41, 5.74) is 3.78. The van der Waals surface area contributed by atoms with Crippen LogP contribution >= 0.6 is 11.6 Å². The van der Waals surface area contributed by atoms with Crippen molar-refractivity contribution in [2.75, 3.05) is 18.6 Å². The lowest BCUT2D eigenvalue weighted by atomic mass is 10.1. The predicted octanol–water partition coefficient (Wildman–Crippen LogP) is 6.22. The zero-order valence-corrected chi connectivity index (χ0v) is 18.1. The minimum Gasteiger partial charge on any atom is -0.495 e. The predicted molar refractivity (Wildman–Crippen MR) is 125 cm³/mol. The molecule has 0 bridgehead atoms. The number of halogens is 1. The molecule has 5 heteroatoms. The molecule has 1 amide bonds. The van der Waals surface area contributed by atoms with Crippen LogP contribution < -0.4 is 14.4 Å². The van der Waals surface area contributed by atoms with Crippen molar-refractivity contribution in [1.29, 1.82) is 0 Å². The van der Waals surface area contributed by atoms with E-state index in [-0.39, 0.29) is 5.91 Å². The van der Waals surface area contributed by atoms with Crippen LogP contribution in [0.15, 0.2) is 84.4 Å². The van der Waals surface area contributed by atoms with Crippen molar-refractivity contribution >= 4 is 35.0 Å². The number of rotatable bonds is 6. The molecule has 0 saturated carbocycles. The minimum absolute atomic E-state index is 0.145. The molecule has 156 valence electrons. The van der Waals surface area contributed by atoms with Crippen molar-refractivity contribution in [2.24, 2.45) is 0 Å². The Morgan fingerprint density at radius 2 is 1.74 bits per heavy atom. The largest absolute Gasteiger partial charge is 0.495 e. The second kappa shape index (κ2) is 9.11. The van der Waals surface area contributed by atoms with Crippen LogP contribution in [0.1, 0.15) is 18.1 Å². The molecule has 1 aliphatic rings. The average Bonchev–Trinajstić information content (AvgIpc) is 3.11. The third-order valence-corrected chi connectivity index (χ3v) is 5.18. The number of nitrogens with zero attached hydrogens (tertiary/aromatic N) is 1. The Morgan fingerprint density at radius 1 is 1.00 bits per heavy atom. The zero-order valence-electron chi connectivity index (χ0n) is 17.3. The van der Waals surface area contributed by atoms with E-state index in [2.05, 4.69) is 0 Å². The van der Waals surface area contributed by atoms with E-state index in [1.54, 1.807) is 30.2 Å². The summed E-state index contributed by atoms with van der Waals surface area (Å²) in [4.78, 5) is 15.2. The van der Waals surface area contributed by atoms with Gasteiger partial charge in [-0.2, -0.15) is 0 Å². The first kappa shape index (κ1) is 20.8. The van der Waals surface area contributed by atoms with Crippen LogP contribution in [0.25, 0.3) is 11.8 Å². The standard InChI is InChI=1S/C26H22ClNO3/c1-3-31-22-12-9-18(10-13-22)15-20-16-23(19-7-5-4-6-8-19)28(26(20)29)24-17-21(27)11-14-25(24)30-2/h4-17H,3H2,1-2H3/b20-15+. The van der Waals surface area contributed by atoms with Crippen LogP contribution in [0.4, 0.5) is 5.69 Å². The lowest BCUT2D eigenvalue weighted by molar-refractivity contribution is -0.113. The molecule has 4 rings (SSSR count). The van der Waals surface area contributed by atoms with Crippen molar-refractivity contribution in [3.8, 4) is 11.5 Å². The maximum Gasteiger partial charge on any atom is 0.263 e. The third kappa shape index (κ3) is 4.35. The number of ether oxygens (including phenoxy) is 2. The van der Waals surface area contributed by atoms with Gasteiger partial charge in [0, 0.05) is 10.6 Å². The number of hydrogen-bond donors (Lipinski definition) is 0.